The number of hydrogen-bond acceptors (Lipinski definition) is 1. The number of nitrogens with zero attached hydrogens (tertiary/aromatic N) is 1. The van der Waals surface area contributed by atoms with Gasteiger partial charge in [0.2, 0.25) is 0 Å². The van der Waals surface area contributed by atoms with E-state index in [0.717, 1.165) is 26.7 Å². The zero-order chi connectivity index (χ0) is 12.0. The normalized spacial score (nSPS) is 17.5. The smallest absolute Gasteiger partial charge is 0.178 e. The van der Waals surface area contributed by atoms with E-state index in [-0.39, 0.29) is 0 Å². The molecule has 3 rings (SSSR count). The fourth-order valence-electron chi connectivity index (χ4n) is 2.47. The molecule has 0 radical (unpaired) electrons. The lowest BCUT2D eigenvalue weighted by Crippen LogP contribution is -2.05. The van der Waals surface area contributed by atoms with Crippen LogP contribution in [0.5, 0.6) is 0 Å². The van der Waals surface area contributed by atoms with E-state index >= 15 is 0 Å². The minimum atomic E-state index is 0.446. The maximum Gasteiger partial charge on any atom is 0.178 e. The highest BCUT2D eigenvalue weighted by Crippen LogP contribution is 2.37. The molecular weight excluding hydrogens is 252 g/mol. The number of hydrogen-bond donors (Lipinski definition) is 1. The average Bonchev–Trinajstić information content (AvgIpc) is 3.00. The second-order valence-electron chi connectivity index (χ2n) is 4.99. The Morgan fingerprint density at radius 1 is 1.53 bits per heavy atom. The molecule has 0 bridgehead atoms. The first-order valence-corrected chi connectivity index (χ1v) is 6.83. The molecule has 0 saturated heterocycles. The zero-order valence-corrected chi connectivity index (χ0v) is 11.3. The number of H-pyrrole nitrogens is 1. The Morgan fingerprint density at radius 3 is 3.00 bits per heavy atom. The Balaban J connectivity index is 2.09. The lowest BCUT2D eigenvalue weighted by Gasteiger charge is -2.14. The third kappa shape index (κ3) is 2.14. The Hall–Kier alpha value is -0.800. The molecule has 2 nitrogen and oxygen atoms in total. The number of aromatic nitrogens is 2. The molecule has 4 heteroatoms. The van der Waals surface area contributed by atoms with Crippen LogP contribution in [-0.2, 0) is 0 Å². The molecule has 1 atom stereocenters. The van der Waals surface area contributed by atoms with Crippen molar-refractivity contribution < 1.29 is 0 Å². The van der Waals surface area contributed by atoms with Gasteiger partial charge in [-0.3, -0.25) is 0 Å². The second-order valence-corrected chi connectivity index (χ2v) is 5.81. The zero-order valence-electron chi connectivity index (χ0n) is 9.74. The van der Waals surface area contributed by atoms with Crippen LogP contribution in [0.2, 0.25) is 5.02 Å². The number of aromatic amines is 1. The number of fused-ring (bicyclic) bond motifs is 1. The summed E-state index contributed by atoms with van der Waals surface area (Å²) in [6, 6.07) is 6.33. The number of benzene rings is 1. The van der Waals surface area contributed by atoms with Crippen molar-refractivity contribution in [2.24, 2.45) is 5.92 Å². The van der Waals surface area contributed by atoms with Crippen molar-refractivity contribution >= 4 is 34.9 Å². The van der Waals surface area contributed by atoms with Gasteiger partial charge < -0.3 is 9.55 Å². The molecule has 90 valence electrons. The molecule has 1 aromatic carbocycles. The van der Waals surface area contributed by atoms with Crippen LogP contribution in [0.1, 0.15) is 32.2 Å². The van der Waals surface area contributed by atoms with Crippen LogP contribution in [-0.4, -0.2) is 9.55 Å². The maximum atomic E-state index is 6.06. The average molecular weight is 267 g/mol. The van der Waals surface area contributed by atoms with Crippen LogP contribution in [0.4, 0.5) is 0 Å². The van der Waals surface area contributed by atoms with Gasteiger partial charge in [-0.25, -0.2) is 0 Å². The Labute approximate surface area is 111 Å². The van der Waals surface area contributed by atoms with Crippen molar-refractivity contribution in [1.29, 1.82) is 0 Å². The molecule has 0 aliphatic heterocycles. The summed E-state index contributed by atoms with van der Waals surface area (Å²) < 4.78 is 3.00. The predicted octanol–water partition coefficient (Wildman–Crippen LogP) is 4.71. The largest absolute Gasteiger partial charge is 0.331 e. The molecule has 1 fully saturated rings. The maximum absolute atomic E-state index is 6.06. The van der Waals surface area contributed by atoms with Gasteiger partial charge in [0.1, 0.15) is 0 Å². The van der Waals surface area contributed by atoms with Gasteiger partial charge in [0.15, 0.2) is 4.77 Å². The van der Waals surface area contributed by atoms with Crippen molar-refractivity contribution in [1.82, 2.24) is 9.55 Å². The molecule has 1 unspecified atom stereocenters. The molecule has 1 aromatic heterocycles. The van der Waals surface area contributed by atoms with Crippen LogP contribution in [0.15, 0.2) is 18.2 Å². The van der Waals surface area contributed by atoms with E-state index in [9.17, 15) is 0 Å². The van der Waals surface area contributed by atoms with Crippen molar-refractivity contribution in [3.05, 3.63) is 28.0 Å². The third-order valence-corrected chi connectivity index (χ3v) is 4.03. The molecule has 1 saturated carbocycles. The predicted molar refractivity (Wildman–Crippen MR) is 74.2 cm³/mol. The van der Waals surface area contributed by atoms with Gasteiger partial charge in [-0.2, -0.15) is 0 Å². The fraction of sp³-hybridized carbons (Fsp3) is 0.462. The first-order valence-electron chi connectivity index (χ1n) is 6.05. The van der Waals surface area contributed by atoms with E-state index < -0.39 is 0 Å². The summed E-state index contributed by atoms with van der Waals surface area (Å²) in [5.74, 6) is 0.899. The highest BCUT2D eigenvalue weighted by molar-refractivity contribution is 7.71. The van der Waals surface area contributed by atoms with Crippen LogP contribution in [0, 0.1) is 10.7 Å². The minimum Gasteiger partial charge on any atom is -0.331 e. The van der Waals surface area contributed by atoms with Gasteiger partial charge in [0.25, 0.3) is 0 Å². The lowest BCUT2D eigenvalue weighted by atomic mass is 10.1. The van der Waals surface area contributed by atoms with Crippen LogP contribution >= 0.6 is 23.8 Å². The SMILES string of the molecule is CC(CC1CC1)n1c(=S)[nH]c2ccc(Cl)cc21. The summed E-state index contributed by atoms with van der Waals surface area (Å²) in [5, 5.41) is 0.763. The first kappa shape index (κ1) is 11.3. The summed E-state index contributed by atoms with van der Waals surface area (Å²) in [5.41, 5.74) is 2.19. The lowest BCUT2D eigenvalue weighted by molar-refractivity contribution is 0.483. The quantitative estimate of drug-likeness (QED) is 0.798. The van der Waals surface area contributed by atoms with Crippen molar-refractivity contribution in [3.63, 3.8) is 0 Å². The summed E-state index contributed by atoms with van der Waals surface area (Å²) in [4.78, 5) is 3.25. The highest BCUT2D eigenvalue weighted by atomic mass is 35.5. The molecule has 0 spiro atoms. The van der Waals surface area contributed by atoms with Gasteiger partial charge in [-0.15, -0.1) is 0 Å². The molecule has 1 aliphatic carbocycles. The molecule has 2 aromatic rings. The van der Waals surface area contributed by atoms with Crippen molar-refractivity contribution in [2.75, 3.05) is 0 Å². The summed E-state index contributed by atoms with van der Waals surface area (Å²) in [6.07, 6.45) is 3.97. The van der Waals surface area contributed by atoms with E-state index in [0.29, 0.717) is 6.04 Å². The highest BCUT2D eigenvalue weighted by Gasteiger charge is 2.25. The number of nitrogens with one attached hydrogen (secondary N) is 1. The summed E-state index contributed by atoms with van der Waals surface area (Å²) >= 11 is 11.5. The second kappa shape index (κ2) is 4.14. The minimum absolute atomic E-state index is 0.446. The van der Waals surface area contributed by atoms with E-state index in [1.54, 1.807) is 0 Å². The first-order chi connectivity index (χ1) is 8.15. The van der Waals surface area contributed by atoms with Gasteiger partial charge in [-0.05, 0) is 49.7 Å². The molecule has 1 aliphatic rings. The number of halogens is 1. The standard InChI is InChI=1S/C13H15ClN2S/c1-8(6-9-2-3-9)16-12-7-10(14)4-5-11(12)15-13(16)17/h4-5,7-9H,2-3,6H2,1H3,(H,15,17). The fourth-order valence-corrected chi connectivity index (χ4v) is 3.03. The molecule has 1 heterocycles. The Kier molecular flexibility index (Phi) is 2.75. The van der Waals surface area contributed by atoms with E-state index in [1.165, 1.54) is 19.3 Å². The Morgan fingerprint density at radius 2 is 2.29 bits per heavy atom. The summed E-state index contributed by atoms with van der Waals surface area (Å²) in [7, 11) is 0. The molecular formula is C13H15ClN2S. The van der Waals surface area contributed by atoms with Gasteiger partial charge in [0, 0.05) is 11.1 Å². The Bertz CT molecular complexity index is 609. The molecule has 17 heavy (non-hydrogen) atoms. The van der Waals surface area contributed by atoms with E-state index in [4.69, 9.17) is 23.8 Å². The monoisotopic (exact) mass is 266 g/mol. The van der Waals surface area contributed by atoms with Gasteiger partial charge in [-0.1, -0.05) is 24.4 Å². The van der Waals surface area contributed by atoms with Gasteiger partial charge in [0.05, 0.1) is 11.0 Å². The van der Waals surface area contributed by atoms with E-state index in [2.05, 4.69) is 16.5 Å². The number of rotatable bonds is 3. The van der Waals surface area contributed by atoms with Crippen LogP contribution < -0.4 is 0 Å². The van der Waals surface area contributed by atoms with Crippen molar-refractivity contribution in [2.45, 2.75) is 32.2 Å². The molecule has 0 amide bonds. The van der Waals surface area contributed by atoms with Crippen molar-refractivity contribution in [3.8, 4) is 0 Å². The molecule has 1 N–H and O–H groups in total. The summed E-state index contributed by atoms with van der Waals surface area (Å²) in [6.45, 7) is 2.24. The van der Waals surface area contributed by atoms with Gasteiger partial charge >= 0.3 is 0 Å². The third-order valence-electron chi connectivity index (χ3n) is 3.49. The topological polar surface area (TPSA) is 20.7 Å². The van der Waals surface area contributed by atoms with E-state index in [1.807, 2.05) is 18.2 Å². The van der Waals surface area contributed by atoms with Crippen LogP contribution in [0.3, 0.4) is 0 Å². The number of imidazole rings is 1. The van der Waals surface area contributed by atoms with Crippen LogP contribution in [0.25, 0.3) is 11.0 Å².